The van der Waals surface area contributed by atoms with Crippen LogP contribution in [-0.4, -0.2) is 159 Å². The maximum absolute atomic E-state index is 14.1. The third-order valence-electron chi connectivity index (χ3n) is 17.7. The topological polar surface area (TPSA) is 291 Å². The second-order valence-corrected chi connectivity index (χ2v) is 29.6. The molecule has 4 aliphatic heterocycles. The van der Waals surface area contributed by atoms with E-state index in [1.165, 1.54) is 0 Å². The minimum atomic E-state index is -1.63. The van der Waals surface area contributed by atoms with Crippen molar-refractivity contribution in [3.05, 3.63) is 174 Å². The number of halogens is 3. The fraction of sp³-hybridized carbons (Fsp3) is 0.372. The van der Waals surface area contributed by atoms with E-state index in [9.17, 15) is 49.5 Å². The monoisotopic (exact) mass is 1470 g/mol. The normalized spacial score (nSPS) is 19.9. The Morgan fingerprint density at radius 1 is 0.553 bits per heavy atom. The zero-order chi connectivity index (χ0) is 74.0. The lowest BCUT2D eigenvalue weighted by molar-refractivity contribution is -0.277. The van der Waals surface area contributed by atoms with E-state index in [2.05, 4.69) is 27.8 Å². The third-order valence-corrected chi connectivity index (χ3v) is 18.8. The van der Waals surface area contributed by atoms with Gasteiger partial charge in [-0.15, -0.1) is 34.8 Å². The number of hydrogen-bond acceptors (Lipinski definition) is 16. The molecule has 0 aliphatic carbocycles. The number of carbonyl (C=O) groups excluding carboxylic acids is 5. The summed E-state index contributed by atoms with van der Waals surface area (Å²) >= 11 is 18.9. The molecule has 25 heteroatoms. The van der Waals surface area contributed by atoms with Crippen LogP contribution in [0.5, 0.6) is 17.2 Å². The number of fused-ring (bicyclic) bond motifs is 10. The van der Waals surface area contributed by atoms with Crippen LogP contribution in [0.1, 0.15) is 113 Å². The summed E-state index contributed by atoms with van der Waals surface area (Å²) in [5, 5.41) is 62.2. The first-order valence-corrected chi connectivity index (χ1v) is 35.5. The van der Waals surface area contributed by atoms with Crippen molar-refractivity contribution in [2.45, 2.75) is 134 Å². The average Bonchev–Trinajstić information content (AvgIpc) is 1.63. The van der Waals surface area contributed by atoms with Gasteiger partial charge in [0.2, 0.25) is 12.2 Å². The lowest BCUT2D eigenvalue weighted by Gasteiger charge is -2.39. The van der Waals surface area contributed by atoms with E-state index >= 15 is 0 Å². The molecule has 0 bridgehead atoms. The van der Waals surface area contributed by atoms with Gasteiger partial charge in [0, 0.05) is 106 Å². The van der Waals surface area contributed by atoms with E-state index in [-0.39, 0.29) is 65.9 Å². The lowest BCUT2D eigenvalue weighted by atomic mass is 9.95. The third kappa shape index (κ3) is 16.8. The van der Waals surface area contributed by atoms with Crippen LogP contribution in [0, 0.1) is 0 Å². The minimum absolute atomic E-state index is 0.0182. The first-order chi connectivity index (χ1) is 49.0. The number of amides is 5. The van der Waals surface area contributed by atoms with Crippen molar-refractivity contribution >= 4 is 131 Å². The van der Waals surface area contributed by atoms with E-state index < -0.39 is 72.2 Å². The van der Waals surface area contributed by atoms with Gasteiger partial charge in [0.15, 0.2) is 0 Å². The van der Waals surface area contributed by atoms with E-state index in [1.807, 2.05) is 133 Å². The molecule has 5 heterocycles. The largest absolute Gasteiger partial charge is 0.507 e. The molecule has 8 atom stereocenters. The number of H-pyrrole nitrogens is 1. The van der Waals surface area contributed by atoms with Gasteiger partial charge in [-0.05, 0) is 125 Å². The maximum atomic E-state index is 14.1. The fourth-order valence-electron chi connectivity index (χ4n) is 13.2. The number of nitrogens with one attached hydrogen (secondary N) is 3. The first-order valence-electron chi connectivity index (χ1n) is 33.9. The Hall–Kier alpha value is -9.10. The number of alkyl halides is 3. The number of aliphatic hydroxyl groups is 4. The molecule has 544 valence electrons. The van der Waals surface area contributed by atoms with E-state index in [4.69, 9.17) is 63.2 Å². The van der Waals surface area contributed by atoms with Crippen molar-refractivity contribution in [3.8, 4) is 17.2 Å². The Morgan fingerprint density at radius 3 is 1.56 bits per heavy atom. The van der Waals surface area contributed by atoms with Crippen molar-refractivity contribution in [1.82, 2.24) is 10.3 Å². The van der Waals surface area contributed by atoms with Gasteiger partial charge < -0.3 is 74.5 Å². The van der Waals surface area contributed by atoms with E-state index in [1.54, 1.807) is 77.9 Å². The molecule has 5 amide bonds. The number of ether oxygens (including phenoxy) is 6. The van der Waals surface area contributed by atoms with Crippen LogP contribution in [0.4, 0.5) is 37.1 Å². The Labute approximate surface area is 611 Å². The second-order valence-electron chi connectivity index (χ2n) is 28.7. The Kier molecular flexibility index (Phi) is 22.6. The Balaban J connectivity index is 0.000000170. The molecule has 4 aliphatic rings. The number of nitrogens with zero attached hydrogens (tertiary/aromatic N) is 3. The quantitative estimate of drug-likeness (QED) is 0.0393. The number of carbonyl (C=O) groups is 5. The number of rotatable bonds is 13. The molecule has 9 aromatic rings. The van der Waals surface area contributed by atoms with Crippen molar-refractivity contribution in [1.29, 1.82) is 0 Å². The van der Waals surface area contributed by atoms with Gasteiger partial charge in [0.05, 0.1) is 23.7 Å². The number of aromatic hydroxyl groups is 1. The highest BCUT2D eigenvalue weighted by Crippen LogP contribution is 2.50. The number of aromatic amines is 1. The van der Waals surface area contributed by atoms with Crippen LogP contribution >= 0.6 is 34.8 Å². The number of aliphatic hydroxyl groups excluding tert-OH is 4. The van der Waals surface area contributed by atoms with Crippen molar-refractivity contribution in [2.24, 2.45) is 0 Å². The Bertz CT molecular complexity index is 4630. The van der Waals surface area contributed by atoms with Crippen LogP contribution < -0.4 is 34.8 Å². The van der Waals surface area contributed by atoms with Crippen LogP contribution in [0.3, 0.4) is 0 Å². The van der Waals surface area contributed by atoms with Gasteiger partial charge in [-0.25, -0.2) is 14.4 Å². The van der Waals surface area contributed by atoms with Gasteiger partial charge in [0.1, 0.15) is 77.3 Å². The number of anilines is 4. The molecule has 0 saturated carbocycles. The second kappa shape index (κ2) is 31.1. The summed E-state index contributed by atoms with van der Waals surface area (Å²) in [4.78, 5) is 72.0. The highest BCUT2D eigenvalue weighted by Gasteiger charge is 2.46. The summed E-state index contributed by atoms with van der Waals surface area (Å²) in [5.41, 5.74) is 5.58. The number of aromatic nitrogens is 1. The van der Waals surface area contributed by atoms with Crippen LogP contribution in [-0.2, 0) is 30.3 Å². The molecule has 1 fully saturated rings. The molecule has 8 N–H and O–H groups in total. The zero-order valence-electron chi connectivity index (χ0n) is 58.5. The van der Waals surface area contributed by atoms with Crippen LogP contribution in [0.2, 0.25) is 0 Å². The van der Waals surface area contributed by atoms with Crippen LogP contribution in [0.15, 0.2) is 146 Å². The molecule has 8 aromatic carbocycles. The van der Waals surface area contributed by atoms with E-state index in [0.29, 0.717) is 64.8 Å². The molecular weight excluding hydrogens is 1380 g/mol. The molecule has 1 saturated heterocycles. The SMILES string of the molecule is CC(C)(C)OC(=O)N1CC(CCl)c2c1cc(O)c1ccccc21.CC(C)(C)OC(=O)N1CC(CCl)c2c1cc(OCc1ccccc1)c1ccccc21.CC(C)(C)OC(=O)NCC(=O)Nc1ccc2[nH]c(C(=O)N3CC(CCl)c4c3cc(O[C@@H]3OC(CO)[C@H](O)[C@H](O)C3O)c3ccccc43)cc2c1. The zero-order valence-corrected chi connectivity index (χ0v) is 60.8. The lowest BCUT2D eigenvalue weighted by Crippen LogP contribution is -2.60. The van der Waals surface area contributed by atoms with Crippen molar-refractivity contribution < 1.29 is 77.9 Å². The number of benzene rings is 8. The molecule has 1 aromatic heterocycles. The fourth-order valence-corrected chi connectivity index (χ4v) is 13.9. The summed E-state index contributed by atoms with van der Waals surface area (Å²) < 4.78 is 34.2. The van der Waals surface area contributed by atoms with Gasteiger partial charge in [-0.2, -0.15) is 0 Å². The first kappa shape index (κ1) is 75.1. The highest BCUT2D eigenvalue weighted by molar-refractivity contribution is 6.20. The minimum Gasteiger partial charge on any atom is -0.507 e. The summed E-state index contributed by atoms with van der Waals surface area (Å²) in [6, 6.07) is 45.1. The number of hydrogen-bond donors (Lipinski definition) is 8. The smallest absolute Gasteiger partial charge is 0.414 e. The number of alkyl carbamates (subject to hydrolysis) is 1. The highest BCUT2D eigenvalue weighted by atomic mass is 35.5. The summed E-state index contributed by atoms with van der Waals surface area (Å²) in [7, 11) is 0. The Morgan fingerprint density at radius 2 is 1.03 bits per heavy atom. The predicted molar refractivity (Wildman–Crippen MR) is 399 cm³/mol. The molecule has 0 spiro atoms. The van der Waals surface area contributed by atoms with Gasteiger partial charge in [-0.3, -0.25) is 19.4 Å². The van der Waals surface area contributed by atoms with Crippen molar-refractivity contribution in [3.63, 3.8) is 0 Å². The molecule has 0 radical (unpaired) electrons. The van der Waals surface area contributed by atoms with Crippen molar-refractivity contribution in [2.75, 3.05) is 70.4 Å². The number of phenolic OH excluding ortho intramolecular Hbond substituents is 1. The molecule has 5 unspecified atom stereocenters. The summed E-state index contributed by atoms with van der Waals surface area (Å²) in [6.07, 6.45) is -8.89. The molecular formula is C78H85Cl3N6O16. The van der Waals surface area contributed by atoms with E-state index in [0.717, 1.165) is 60.6 Å². The molecule has 22 nitrogen and oxygen atoms in total. The summed E-state index contributed by atoms with van der Waals surface area (Å²) in [6.45, 7) is 17.0. The standard InChI is InChI=1S/C35H39ClN4O10.C25H26ClNO3.C18H20ClNO3/c1-35(2,3)50-34(47)37-14-27(42)38-19-8-9-22-17(10-19)11-23(39-22)32(46)40-15-18(13-36)28-21-7-5-4-6-20(21)25(12-24(28)40)48-33-31(45)30(44)29(43)26(16-41)49-33;1-25(2,3)30-24(28)27-15-18(14-26)23-20-12-8-7-11-19(20)22(13-21(23)27)29-16-17-9-5-4-6-10-17;1-18(2,3)23-17(22)20-10-11(9-19)16-13-7-5-4-6-12(13)15(21)8-14(16)20/h4-12,18,26,29-31,33,39,41,43-45H,13-16H2,1-3H3,(H,37,47)(H,38,42);4-13,18H,14-16H2,1-3H3;4-8,11,21H,9-10H2,1-3H3/t18?,26?,29-,30-,31?,33+;;/m0../s1. The molecule has 13 rings (SSSR count). The maximum Gasteiger partial charge on any atom is 0.414 e. The van der Waals surface area contributed by atoms with Gasteiger partial charge in [-0.1, -0.05) is 103 Å². The summed E-state index contributed by atoms with van der Waals surface area (Å²) in [5.74, 6) is 1.24. The number of phenols is 1. The molecule has 103 heavy (non-hydrogen) atoms. The average molecular weight is 1470 g/mol. The predicted octanol–water partition coefficient (Wildman–Crippen LogP) is 14.1. The van der Waals surface area contributed by atoms with Crippen LogP contribution in [0.25, 0.3) is 43.2 Å². The van der Waals surface area contributed by atoms with Gasteiger partial charge >= 0.3 is 18.3 Å². The van der Waals surface area contributed by atoms with Gasteiger partial charge in [0.25, 0.3) is 5.91 Å².